The SMILES string of the molecule is CCC(CNC)c1nccc(-c2ccc(C)cc2C)n1. The Morgan fingerprint density at radius 2 is 2.00 bits per heavy atom. The molecular formula is C17H23N3. The fourth-order valence-corrected chi connectivity index (χ4v) is 2.49. The van der Waals surface area contributed by atoms with Crippen LogP contribution in [0.4, 0.5) is 0 Å². The first-order valence-corrected chi connectivity index (χ1v) is 7.20. The highest BCUT2D eigenvalue weighted by atomic mass is 14.9. The van der Waals surface area contributed by atoms with Crippen LogP contribution in [0.2, 0.25) is 0 Å². The van der Waals surface area contributed by atoms with Gasteiger partial charge in [-0.3, -0.25) is 0 Å². The molecule has 0 aliphatic carbocycles. The van der Waals surface area contributed by atoms with Gasteiger partial charge in [0.15, 0.2) is 0 Å². The number of rotatable bonds is 5. The smallest absolute Gasteiger partial charge is 0.133 e. The number of hydrogen-bond acceptors (Lipinski definition) is 3. The molecule has 1 aromatic carbocycles. The number of benzene rings is 1. The van der Waals surface area contributed by atoms with Gasteiger partial charge in [-0.2, -0.15) is 0 Å². The second-order valence-electron chi connectivity index (χ2n) is 5.28. The Labute approximate surface area is 121 Å². The molecule has 2 rings (SSSR count). The minimum absolute atomic E-state index is 0.366. The second kappa shape index (κ2) is 6.62. The third kappa shape index (κ3) is 3.23. The average Bonchev–Trinajstić information content (AvgIpc) is 2.45. The van der Waals surface area contributed by atoms with E-state index in [1.165, 1.54) is 16.7 Å². The van der Waals surface area contributed by atoms with Gasteiger partial charge in [-0.05, 0) is 38.9 Å². The summed E-state index contributed by atoms with van der Waals surface area (Å²) in [5.41, 5.74) is 4.75. The molecule has 2 aromatic rings. The van der Waals surface area contributed by atoms with Crippen molar-refractivity contribution in [1.82, 2.24) is 15.3 Å². The summed E-state index contributed by atoms with van der Waals surface area (Å²) in [4.78, 5) is 9.22. The van der Waals surface area contributed by atoms with Crippen LogP contribution in [0.3, 0.4) is 0 Å². The Kier molecular flexibility index (Phi) is 4.85. The van der Waals surface area contributed by atoms with Crippen LogP contribution < -0.4 is 5.32 Å². The normalized spacial score (nSPS) is 12.4. The molecule has 1 unspecified atom stereocenters. The maximum atomic E-state index is 4.77. The number of hydrogen-bond donors (Lipinski definition) is 1. The van der Waals surface area contributed by atoms with Gasteiger partial charge in [-0.15, -0.1) is 0 Å². The van der Waals surface area contributed by atoms with Crippen molar-refractivity contribution >= 4 is 0 Å². The molecule has 0 bridgehead atoms. The lowest BCUT2D eigenvalue weighted by atomic mass is 10.0. The fraction of sp³-hybridized carbons (Fsp3) is 0.412. The van der Waals surface area contributed by atoms with Crippen molar-refractivity contribution in [3.05, 3.63) is 47.4 Å². The quantitative estimate of drug-likeness (QED) is 0.903. The van der Waals surface area contributed by atoms with Gasteiger partial charge in [0.05, 0.1) is 5.69 Å². The maximum absolute atomic E-state index is 4.77. The lowest BCUT2D eigenvalue weighted by molar-refractivity contribution is 0.580. The highest BCUT2D eigenvalue weighted by molar-refractivity contribution is 5.63. The van der Waals surface area contributed by atoms with E-state index >= 15 is 0 Å². The van der Waals surface area contributed by atoms with Crippen LogP contribution in [0.25, 0.3) is 11.3 Å². The number of likely N-dealkylation sites (N-methyl/N-ethyl adjacent to an activating group) is 1. The molecule has 0 fully saturated rings. The standard InChI is InChI=1S/C17H23N3/c1-5-14(11-18-4)17-19-9-8-16(20-17)15-7-6-12(2)10-13(15)3/h6-10,14,18H,5,11H2,1-4H3. The van der Waals surface area contributed by atoms with E-state index in [1.807, 2.05) is 19.3 Å². The van der Waals surface area contributed by atoms with Crippen molar-refractivity contribution in [2.45, 2.75) is 33.1 Å². The van der Waals surface area contributed by atoms with E-state index < -0.39 is 0 Å². The topological polar surface area (TPSA) is 37.8 Å². The van der Waals surface area contributed by atoms with E-state index in [0.717, 1.165) is 24.5 Å². The second-order valence-corrected chi connectivity index (χ2v) is 5.28. The Morgan fingerprint density at radius 3 is 2.65 bits per heavy atom. The zero-order valence-corrected chi connectivity index (χ0v) is 12.8. The molecule has 1 heterocycles. The largest absolute Gasteiger partial charge is 0.319 e. The van der Waals surface area contributed by atoms with Gasteiger partial charge < -0.3 is 5.32 Å². The van der Waals surface area contributed by atoms with Crippen LogP contribution in [0, 0.1) is 13.8 Å². The van der Waals surface area contributed by atoms with E-state index in [4.69, 9.17) is 4.98 Å². The monoisotopic (exact) mass is 269 g/mol. The third-order valence-electron chi connectivity index (χ3n) is 3.64. The van der Waals surface area contributed by atoms with Crippen LogP contribution in [0.1, 0.15) is 36.2 Å². The predicted molar refractivity (Wildman–Crippen MR) is 83.9 cm³/mol. The van der Waals surface area contributed by atoms with Crippen LogP contribution in [-0.4, -0.2) is 23.6 Å². The fourth-order valence-electron chi connectivity index (χ4n) is 2.49. The molecule has 1 N–H and O–H groups in total. The van der Waals surface area contributed by atoms with Crippen molar-refractivity contribution in [2.75, 3.05) is 13.6 Å². The summed E-state index contributed by atoms with van der Waals surface area (Å²) < 4.78 is 0. The molecule has 1 aromatic heterocycles. The van der Waals surface area contributed by atoms with Crippen molar-refractivity contribution in [3.8, 4) is 11.3 Å². The van der Waals surface area contributed by atoms with Gasteiger partial charge in [-0.25, -0.2) is 9.97 Å². The zero-order valence-electron chi connectivity index (χ0n) is 12.8. The molecule has 0 saturated heterocycles. The summed E-state index contributed by atoms with van der Waals surface area (Å²) in [5, 5.41) is 3.22. The summed E-state index contributed by atoms with van der Waals surface area (Å²) in [6.07, 6.45) is 2.91. The van der Waals surface area contributed by atoms with Crippen molar-refractivity contribution < 1.29 is 0 Å². The molecule has 0 saturated carbocycles. The van der Waals surface area contributed by atoms with Crippen molar-refractivity contribution in [2.24, 2.45) is 0 Å². The molecule has 3 nitrogen and oxygen atoms in total. The van der Waals surface area contributed by atoms with E-state index in [0.29, 0.717) is 5.92 Å². The number of nitrogens with zero attached hydrogens (tertiary/aromatic N) is 2. The van der Waals surface area contributed by atoms with E-state index in [9.17, 15) is 0 Å². The first kappa shape index (κ1) is 14.7. The predicted octanol–water partition coefficient (Wildman–Crippen LogP) is 3.47. The van der Waals surface area contributed by atoms with E-state index in [-0.39, 0.29) is 0 Å². The summed E-state index contributed by atoms with van der Waals surface area (Å²) in [5.74, 6) is 1.30. The first-order valence-electron chi connectivity index (χ1n) is 7.20. The molecule has 3 heteroatoms. The van der Waals surface area contributed by atoms with Crippen molar-refractivity contribution in [1.29, 1.82) is 0 Å². The lowest BCUT2D eigenvalue weighted by Gasteiger charge is -2.14. The van der Waals surface area contributed by atoms with Gasteiger partial charge in [0, 0.05) is 24.2 Å². The molecule has 0 amide bonds. The van der Waals surface area contributed by atoms with Crippen LogP contribution in [-0.2, 0) is 0 Å². The number of nitrogens with one attached hydrogen (secondary N) is 1. The highest BCUT2D eigenvalue weighted by Crippen LogP contribution is 2.24. The first-order chi connectivity index (χ1) is 9.65. The van der Waals surface area contributed by atoms with Gasteiger partial charge in [0.2, 0.25) is 0 Å². The van der Waals surface area contributed by atoms with Crippen LogP contribution in [0.15, 0.2) is 30.5 Å². The molecule has 1 atom stereocenters. The molecule has 106 valence electrons. The lowest BCUT2D eigenvalue weighted by Crippen LogP contribution is -2.18. The molecule has 0 aliphatic rings. The summed E-state index contributed by atoms with van der Waals surface area (Å²) in [6.45, 7) is 7.33. The maximum Gasteiger partial charge on any atom is 0.133 e. The Hall–Kier alpha value is -1.74. The van der Waals surface area contributed by atoms with E-state index in [1.54, 1.807) is 0 Å². The number of aromatic nitrogens is 2. The molecule has 0 aliphatic heterocycles. The van der Waals surface area contributed by atoms with Crippen molar-refractivity contribution in [3.63, 3.8) is 0 Å². The highest BCUT2D eigenvalue weighted by Gasteiger charge is 2.13. The van der Waals surface area contributed by atoms with Gasteiger partial charge in [0.25, 0.3) is 0 Å². The summed E-state index contributed by atoms with van der Waals surface area (Å²) in [6, 6.07) is 8.47. The Bertz CT molecular complexity index is 578. The minimum Gasteiger partial charge on any atom is -0.319 e. The molecular weight excluding hydrogens is 246 g/mol. The van der Waals surface area contributed by atoms with Gasteiger partial charge in [-0.1, -0.05) is 30.7 Å². The van der Waals surface area contributed by atoms with Gasteiger partial charge >= 0.3 is 0 Å². The van der Waals surface area contributed by atoms with Crippen LogP contribution in [0.5, 0.6) is 0 Å². The zero-order chi connectivity index (χ0) is 14.5. The van der Waals surface area contributed by atoms with Crippen LogP contribution >= 0.6 is 0 Å². The summed E-state index contributed by atoms with van der Waals surface area (Å²) >= 11 is 0. The average molecular weight is 269 g/mol. The third-order valence-corrected chi connectivity index (χ3v) is 3.64. The summed E-state index contributed by atoms with van der Waals surface area (Å²) in [7, 11) is 1.97. The molecule has 0 spiro atoms. The Balaban J connectivity index is 2.38. The molecule has 0 radical (unpaired) electrons. The molecule has 20 heavy (non-hydrogen) atoms. The minimum atomic E-state index is 0.366. The Morgan fingerprint density at radius 1 is 1.20 bits per heavy atom. The van der Waals surface area contributed by atoms with E-state index in [2.05, 4.69) is 49.3 Å². The van der Waals surface area contributed by atoms with Gasteiger partial charge in [0.1, 0.15) is 5.82 Å². The number of aryl methyl sites for hydroxylation is 2.